The molecule has 0 amide bonds. The van der Waals surface area contributed by atoms with E-state index in [2.05, 4.69) is 34.5 Å². The van der Waals surface area contributed by atoms with E-state index in [0.29, 0.717) is 18.3 Å². The highest BCUT2D eigenvalue weighted by atomic mass is 16.5. The predicted molar refractivity (Wildman–Crippen MR) is 85.4 cm³/mol. The van der Waals surface area contributed by atoms with Crippen molar-refractivity contribution in [1.82, 2.24) is 34.3 Å². The van der Waals surface area contributed by atoms with E-state index >= 15 is 0 Å². The molecule has 0 aromatic carbocycles. The number of fused-ring (bicyclic) bond motifs is 1. The van der Waals surface area contributed by atoms with Crippen molar-refractivity contribution >= 4 is 5.82 Å². The first-order chi connectivity index (χ1) is 11.8. The second kappa shape index (κ2) is 6.26. The fourth-order valence-electron chi connectivity index (χ4n) is 3.04. The molecule has 1 atom stereocenters. The smallest absolute Gasteiger partial charge is 0.218 e. The fraction of sp³-hybridized carbons (Fsp3) is 0.400. The molecule has 4 heterocycles. The van der Waals surface area contributed by atoms with Crippen LogP contribution >= 0.6 is 0 Å². The Morgan fingerprint density at radius 2 is 2.17 bits per heavy atom. The van der Waals surface area contributed by atoms with Crippen LogP contribution in [0.15, 0.2) is 37.4 Å². The van der Waals surface area contributed by atoms with Gasteiger partial charge in [0.2, 0.25) is 5.88 Å². The lowest BCUT2D eigenvalue weighted by molar-refractivity contribution is 0.377. The average molecular weight is 326 g/mol. The molecule has 0 saturated carbocycles. The van der Waals surface area contributed by atoms with Gasteiger partial charge in [-0.2, -0.15) is 5.10 Å². The molecule has 0 aliphatic carbocycles. The molecular weight excluding hydrogens is 308 g/mol. The van der Waals surface area contributed by atoms with Crippen LogP contribution in [0, 0.1) is 5.92 Å². The van der Waals surface area contributed by atoms with Crippen molar-refractivity contribution in [3.05, 3.63) is 43.3 Å². The number of hydrogen-bond donors (Lipinski definition) is 0. The second-order valence-corrected chi connectivity index (χ2v) is 5.78. The number of hydrogen-bond acceptors (Lipinski definition) is 7. The van der Waals surface area contributed by atoms with Gasteiger partial charge >= 0.3 is 0 Å². The van der Waals surface area contributed by atoms with Gasteiger partial charge in [0.1, 0.15) is 30.6 Å². The Bertz CT molecular complexity index is 799. The van der Waals surface area contributed by atoms with Crippen LogP contribution < -0.4 is 9.64 Å². The summed E-state index contributed by atoms with van der Waals surface area (Å²) in [6.45, 7) is 3.20. The van der Waals surface area contributed by atoms with Crippen LogP contribution in [0.1, 0.15) is 5.82 Å². The van der Waals surface area contributed by atoms with Gasteiger partial charge in [0.25, 0.3) is 0 Å². The molecule has 0 radical (unpaired) electrons. The van der Waals surface area contributed by atoms with E-state index in [1.54, 1.807) is 19.8 Å². The second-order valence-electron chi connectivity index (χ2n) is 5.78. The van der Waals surface area contributed by atoms with Crippen molar-refractivity contribution in [1.29, 1.82) is 0 Å². The lowest BCUT2D eigenvalue weighted by atomic mass is 10.1. The minimum Gasteiger partial charge on any atom is -0.481 e. The molecule has 24 heavy (non-hydrogen) atoms. The number of imidazole rings is 1. The van der Waals surface area contributed by atoms with E-state index in [4.69, 9.17) is 4.74 Å². The maximum atomic E-state index is 5.22. The van der Waals surface area contributed by atoms with Crippen LogP contribution in [-0.2, 0) is 19.6 Å². The third-order valence-electron chi connectivity index (χ3n) is 4.14. The van der Waals surface area contributed by atoms with Gasteiger partial charge in [-0.15, -0.1) is 0 Å². The third kappa shape index (κ3) is 2.92. The Balaban J connectivity index is 1.63. The molecule has 0 fully saturated rings. The van der Waals surface area contributed by atoms with Crippen molar-refractivity contribution in [2.75, 3.05) is 18.6 Å². The summed E-state index contributed by atoms with van der Waals surface area (Å²) in [5, 5.41) is 4.23. The SMILES string of the molecule is COc1cc(N2Cc3nccn3CC(Cn3cncn3)C2)ncn1. The Hall–Kier alpha value is -2.97. The largest absolute Gasteiger partial charge is 0.481 e. The first-order valence-corrected chi connectivity index (χ1v) is 7.75. The van der Waals surface area contributed by atoms with Gasteiger partial charge in [0.05, 0.1) is 13.7 Å². The van der Waals surface area contributed by atoms with E-state index in [9.17, 15) is 0 Å². The summed E-state index contributed by atoms with van der Waals surface area (Å²) in [5.74, 6) is 2.76. The standard InChI is InChI=1S/C15H18N8O/c1-24-15-4-13(18-10-19-15)22-6-12(7-23-11-16-9-20-23)5-21-3-2-17-14(21)8-22/h2-4,9-12H,5-8H2,1H3. The highest BCUT2D eigenvalue weighted by Gasteiger charge is 2.24. The van der Waals surface area contributed by atoms with Crippen molar-refractivity contribution in [3.8, 4) is 5.88 Å². The van der Waals surface area contributed by atoms with Crippen molar-refractivity contribution in [2.24, 2.45) is 5.92 Å². The minimum atomic E-state index is 0.350. The molecule has 9 nitrogen and oxygen atoms in total. The summed E-state index contributed by atoms with van der Waals surface area (Å²) in [7, 11) is 1.61. The molecule has 0 spiro atoms. The van der Waals surface area contributed by atoms with Crippen molar-refractivity contribution < 1.29 is 4.74 Å². The summed E-state index contributed by atoms with van der Waals surface area (Å²) in [6, 6.07) is 1.85. The van der Waals surface area contributed by atoms with Crippen molar-refractivity contribution in [3.63, 3.8) is 0 Å². The van der Waals surface area contributed by atoms with Crippen LogP contribution in [0.4, 0.5) is 5.82 Å². The normalized spacial score (nSPS) is 17.4. The summed E-state index contributed by atoms with van der Waals surface area (Å²) in [4.78, 5) is 19.2. The molecule has 0 bridgehead atoms. The van der Waals surface area contributed by atoms with E-state index in [1.807, 2.05) is 23.1 Å². The first-order valence-electron chi connectivity index (χ1n) is 7.75. The lowest BCUT2D eigenvalue weighted by Gasteiger charge is -2.24. The Kier molecular flexibility index (Phi) is 3.81. The monoisotopic (exact) mass is 326 g/mol. The minimum absolute atomic E-state index is 0.350. The lowest BCUT2D eigenvalue weighted by Crippen LogP contribution is -2.31. The van der Waals surface area contributed by atoms with E-state index < -0.39 is 0 Å². The van der Waals surface area contributed by atoms with Gasteiger partial charge in [-0.3, -0.25) is 4.68 Å². The van der Waals surface area contributed by atoms with Gasteiger partial charge in [-0.05, 0) is 0 Å². The summed E-state index contributed by atoms with van der Waals surface area (Å²) in [5.41, 5.74) is 0. The number of aromatic nitrogens is 7. The highest BCUT2D eigenvalue weighted by molar-refractivity contribution is 5.41. The zero-order valence-corrected chi connectivity index (χ0v) is 13.4. The zero-order chi connectivity index (χ0) is 16.4. The Morgan fingerprint density at radius 1 is 1.21 bits per heavy atom. The predicted octanol–water partition coefficient (Wildman–Crippen LogP) is 0.610. The fourth-order valence-corrected chi connectivity index (χ4v) is 3.04. The number of rotatable bonds is 4. The van der Waals surface area contributed by atoms with Crippen LogP contribution in [0.2, 0.25) is 0 Å². The summed E-state index contributed by atoms with van der Waals surface area (Å²) < 4.78 is 9.28. The molecule has 3 aromatic heterocycles. The highest BCUT2D eigenvalue weighted by Crippen LogP contribution is 2.23. The van der Waals surface area contributed by atoms with Gasteiger partial charge in [0.15, 0.2) is 0 Å². The Labute approximate surface area is 139 Å². The van der Waals surface area contributed by atoms with E-state index in [0.717, 1.165) is 31.3 Å². The van der Waals surface area contributed by atoms with Crippen molar-refractivity contribution in [2.45, 2.75) is 19.6 Å². The number of nitrogens with zero attached hydrogens (tertiary/aromatic N) is 8. The topological polar surface area (TPSA) is 86.8 Å². The molecule has 1 unspecified atom stereocenters. The van der Waals surface area contributed by atoms with E-state index in [-0.39, 0.29) is 0 Å². The maximum absolute atomic E-state index is 5.22. The molecular formula is C15H18N8O. The molecule has 0 saturated heterocycles. The van der Waals surface area contributed by atoms with Crippen LogP contribution in [-0.4, -0.2) is 47.9 Å². The Morgan fingerprint density at radius 3 is 3.00 bits per heavy atom. The molecule has 1 aliphatic rings. The number of ether oxygens (including phenoxy) is 1. The average Bonchev–Trinajstić information content (AvgIpc) is 3.24. The van der Waals surface area contributed by atoms with Crippen LogP contribution in [0.5, 0.6) is 5.88 Å². The quantitative estimate of drug-likeness (QED) is 0.694. The third-order valence-corrected chi connectivity index (χ3v) is 4.14. The van der Waals surface area contributed by atoms with Gasteiger partial charge in [-0.1, -0.05) is 0 Å². The maximum Gasteiger partial charge on any atom is 0.218 e. The first kappa shape index (κ1) is 14.6. The van der Waals surface area contributed by atoms with E-state index in [1.165, 1.54) is 6.33 Å². The van der Waals surface area contributed by atoms with Gasteiger partial charge in [0, 0.05) is 44.0 Å². The number of anilines is 1. The molecule has 9 heteroatoms. The van der Waals surface area contributed by atoms with Crippen LogP contribution in [0.25, 0.3) is 0 Å². The molecule has 4 rings (SSSR count). The summed E-state index contributed by atoms with van der Waals surface area (Å²) >= 11 is 0. The molecule has 3 aromatic rings. The van der Waals surface area contributed by atoms with Crippen LogP contribution in [0.3, 0.4) is 0 Å². The number of methoxy groups -OCH3 is 1. The van der Waals surface area contributed by atoms with Gasteiger partial charge in [-0.25, -0.2) is 19.9 Å². The summed E-state index contributed by atoms with van der Waals surface area (Å²) in [6.07, 6.45) is 8.70. The molecule has 0 N–H and O–H groups in total. The molecule has 1 aliphatic heterocycles. The molecule has 124 valence electrons. The zero-order valence-electron chi connectivity index (χ0n) is 13.4. The van der Waals surface area contributed by atoms with Gasteiger partial charge < -0.3 is 14.2 Å².